The lowest BCUT2D eigenvalue weighted by molar-refractivity contribution is -0.114. The van der Waals surface area contributed by atoms with Gasteiger partial charge in [0.25, 0.3) is 11.7 Å². The number of nitrogens with zero attached hydrogens (tertiary/aromatic N) is 1. The summed E-state index contributed by atoms with van der Waals surface area (Å²) >= 11 is 0. The summed E-state index contributed by atoms with van der Waals surface area (Å²) in [7, 11) is 0. The highest BCUT2D eigenvalue weighted by atomic mass is 19.1. The van der Waals surface area contributed by atoms with Gasteiger partial charge in [-0.05, 0) is 12.1 Å². The van der Waals surface area contributed by atoms with Crippen LogP contribution in [-0.2, 0) is 9.53 Å². The van der Waals surface area contributed by atoms with Gasteiger partial charge in [0.2, 0.25) is 0 Å². The summed E-state index contributed by atoms with van der Waals surface area (Å²) in [6.45, 7) is 0.226. The fraction of sp³-hybridized carbons (Fsp3) is 0.333. The zero-order chi connectivity index (χ0) is 13.1. The van der Waals surface area contributed by atoms with Crippen molar-refractivity contribution in [3.8, 4) is 0 Å². The van der Waals surface area contributed by atoms with Gasteiger partial charge in [0.1, 0.15) is 5.82 Å². The van der Waals surface area contributed by atoms with Gasteiger partial charge in [-0.1, -0.05) is 6.07 Å². The molecular formula is C12H12FNO4. The maximum absolute atomic E-state index is 13.6. The first-order chi connectivity index (χ1) is 8.66. The molecule has 1 aliphatic heterocycles. The number of halogens is 1. The molecule has 0 bridgehead atoms. The number of fused-ring (bicyclic) bond motifs is 1. The van der Waals surface area contributed by atoms with E-state index in [-0.39, 0.29) is 37.6 Å². The average molecular weight is 253 g/mol. The van der Waals surface area contributed by atoms with E-state index in [2.05, 4.69) is 0 Å². The number of ether oxygens (including phenoxy) is 1. The zero-order valence-electron chi connectivity index (χ0n) is 9.56. The normalized spacial score (nSPS) is 14.2. The van der Waals surface area contributed by atoms with Crippen molar-refractivity contribution in [3.63, 3.8) is 0 Å². The number of ketones is 1. The number of anilines is 1. The number of amides is 1. The van der Waals surface area contributed by atoms with E-state index in [0.717, 1.165) is 4.90 Å². The summed E-state index contributed by atoms with van der Waals surface area (Å²) in [6, 6.07) is 4.02. The van der Waals surface area contributed by atoms with Crippen LogP contribution >= 0.6 is 0 Å². The summed E-state index contributed by atoms with van der Waals surface area (Å²) in [4.78, 5) is 24.4. The Bertz CT molecular complexity index is 489. The van der Waals surface area contributed by atoms with Crippen molar-refractivity contribution in [3.05, 3.63) is 29.6 Å². The first kappa shape index (κ1) is 12.7. The van der Waals surface area contributed by atoms with Crippen molar-refractivity contribution in [1.82, 2.24) is 0 Å². The highest BCUT2D eigenvalue weighted by Gasteiger charge is 2.37. The van der Waals surface area contributed by atoms with Crippen molar-refractivity contribution in [2.75, 3.05) is 31.3 Å². The minimum atomic E-state index is -0.748. The topological polar surface area (TPSA) is 66.8 Å². The van der Waals surface area contributed by atoms with Crippen molar-refractivity contribution in [2.45, 2.75) is 0 Å². The van der Waals surface area contributed by atoms with Gasteiger partial charge in [-0.25, -0.2) is 4.39 Å². The van der Waals surface area contributed by atoms with Crippen molar-refractivity contribution in [2.24, 2.45) is 0 Å². The van der Waals surface area contributed by atoms with E-state index < -0.39 is 17.5 Å². The number of rotatable bonds is 5. The van der Waals surface area contributed by atoms with E-state index in [0.29, 0.717) is 0 Å². The van der Waals surface area contributed by atoms with E-state index in [1.165, 1.54) is 18.2 Å². The molecule has 1 aromatic carbocycles. The van der Waals surface area contributed by atoms with Gasteiger partial charge in [0, 0.05) is 6.54 Å². The van der Waals surface area contributed by atoms with Gasteiger partial charge in [0.15, 0.2) is 0 Å². The molecule has 0 saturated carbocycles. The SMILES string of the molecule is O=C1C(=O)N(CCOCCO)c2c(F)cccc21. The van der Waals surface area contributed by atoms with Crippen LogP contribution in [0, 0.1) is 5.82 Å². The third-order valence-electron chi connectivity index (χ3n) is 2.64. The molecule has 1 aliphatic rings. The summed E-state index contributed by atoms with van der Waals surface area (Å²) in [5, 5.41) is 8.53. The van der Waals surface area contributed by atoms with Gasteiger partial charge in [-0.2, -0.15) is 0 Å². The third kappa shape index (κ3) is 2.12. The molecule has 0 unspecified atom stereocenters. The number of Topliss-reactive ketones (excluding diaryl/α,β-unsaturated/α-hetero) is 1. The number of carbonyl (C=O) groups is 2. The minimum Gasteiger partial charge on any atom is -0.394 e. The van der Waals surface area contributed by atoms with Crippen LogP contribution in [0.25, 0.3) is 0 Å². The van der Waals surface area contributed by atoms with Crippen LogP contribution in [0.5, 0.6) is 0 Å². The van der Waals surface area contributed by atoms with Crippen LogP contribution in [0.2, 0.25) is 0 Å². The highest BCUT2D eigenvalue weighted by molar-refractivity contribution is 6.52. The molecule has 18 heavy (non-hydrogen) atoms. The Hall–Kier alpha value is -1.79. The van der Waals surface area contributed by atoms with Gasteiger partial charge < -0.3 is 9.84 Å². The molecule has 1 heterocycles. The second-order valence-electron chi connectivity index (χ2n) is 3.76. The molecule has 96 valence electrons. The number of aliphatic hydroxyl groups excluding tert-OH is 1. The van der Waals surface area contributed by atoms with E-state index in [4.69, 9.17) is 9.84 Å². The predicted molar refractivity (Wildman–Crippen MR) is 61.0 cm³/mol. The van der Waals surface area contributed by atoms with Crippen LogP contribution in [-0.4, -0.2) is 43.2 Å². The number of para-hydroxylation sites is 1. The molecule has 2 rings (SSSR count). The quantitative estimate of drug-likeness (QED) is 0.608. The standard InChI is InChI=1S/C12H12FNO4/c13-9-3-1-2-8-10(9)14(12(17)11(8)16)4-6-18-7-5-15/h1-3,15H,4-7H2. The second kappa shape index (κ2) is 5.24. The zero-order valence-corrected chi connectivity index (χ0v) is 9.56. The molecule has 1 aromatic rings. The summed E-state index contributed by atoms with van der Waals surface area (Å²) in [6.07, 6.45) is 0. The van der Waals surface area contributed by atoms with Gasteiger partial charge >= 0.3 is 0 Å². The number of benzene rings is 1. The molecule has 5 nitrogen and oxygen atoms in total. The number of carbonyl (C=O) groups excluding carboxylic acids is 2. The third-order valence-corrected chi connectivity index (χ3v) is 2.64. The van der Waals surface area contributed by atoms with Crippen molar-refractivity contribution < 1.29 is 23.8 Å². The van der Waals surface area contributed by atoms with E-state index in [1.807, 2.05) is 0 Å². The lowest BCUT2D eigenvalue weighted by atomic mass is 10.1. The smallest absolute Gasteiger partial charge is 0.299 e. The lowest BCUT2D eigenvalue weighted by Crippen LogP contribution is -2.33. The van der Waals surface area contributed by atoms with Crippen LogP contribution in [0.15, 0.2) is 18.2 Å². The largest absolute Gasteiger partial charge is 0.394 e. The maximum atomic E-state index is 13.6. The van der Waals surface area contributed by atoms with E-state index in [9.17, 15) is 14.0 Å². The van der Waals surface area contributed by atoms with Crippen LogP contribution in [0.1, 0.15) is 10.4 Å². The fourth-order valence-electron chi connectivity index (χ4n) is 1.85. The predicted octanol–water partition coefficient (Wildman–Crippen LogP) is 0.364. The first-order valence-corrected chi connectivity index (χ1v) is 5.50. The molecular weight excluding hydrogens is 241 g/mol. The molecule has 0 saturated heterocycles. The van der Waals surface area contributed by atoms with Crippen LogP contribution in [0.4, 0.5) is 10.1 Å². The number of hydrogen-bond acceptors (Lipinski definition) is 4. The Morgan fingerprint density at radius 2 is 2.06 bits per heavy atom. The maximum Gasteiger partial charge on any atom is 0.299 e. The Labute approximate surface area is 103 Å². The molecule has 0 radical (unpaired) electrons. The molecule has 0 fully saturated rings. The Morgan fingerprint density at radius 3 is 2.78 bits per heavy atom. The van der Waals surface area contributed by atoms with Crippen molar-refractivity contribution in [1.29, 1.82) is 0 Å². The highest BCUT2D eigenvalue weighted by Crippen LogP contribution is 2.31. The van der Waals surface area contributed by atoms with E-state index >= 15 is 0 Å². The second-order valence-corrected chi connectivity index (χ2v) is 3.76. The Morgan fingerprint density at radius 1 is 1.28 bits per heavy atom. The Kier molecular flexibility index (Phi) is 3.69. The van der Waals surface area contributed by atoms with E-state index in [1.54, 1.807) is 0 Å². The summed E-state index contributed by atoms with van der Waals surface area (Å²) < 4.78 is 18.6. The van der Waals surface area contributed by atoms with Gasteiger partial charge in [0.05, 0.1) is 31.1 Å². The number of aliphatic hydroxyl groups is 1. The Balaban J connectivity index is 2.17. The van der Waals surface area contributed by atoms with Gasteiger partial charge in [-0.3, -0.25) is 14.5 Å². The summed E-state index contributed by atoms with van der Waals surface area (Å²) in [5.74, 6) is -2.05. The molecule has 0 aromatic heterocycles. The fourth-order valence-corrected chi connectivity index (χ4v) is 1.85. The van der Waals surface area contributed by atoms with Gasteiger partial charge in [-0.15, -0.1) is 0 Å². The molecule has 0 atom stereocenters. The van der Waals surface area contributed by atoms with Crippen LogP contribution in [0.3, 0.4) is 0 Å². The van der Waals surface area contributed by atoms with Crippen LogP contribution < -0.4 is 4.90 Å². The minimum absolute atomic E-state index is 0.0140. The van der Waals surface area contributed by atoms with Crippen molar-refractivity contribution >= 4 is 17.4 Å². The monoisotopic (exact) mass is 253 g/mol. The summed E-state index contributed by atoms with van der Waals surface area (Å²) in [5.41, 5.74) is 0.0993. The lowest BCUT2D eigenvalue weighted by Gasteiger charge is -2.16. The number of hydrogen-bond donors (Lipinski definition) is 1. The molecule has 0 spiro atoms. The average Bonchev–Trinajstić information content (AvgIpc) is 2.61. The molecule has 0 aliphatic carbocycles. The molecule has 6 heteroatoms. The first-order valence-electron chi connectivity index (χ1n) is 5.50. The molecule has 1 N–H and O–H groups in total. The molecule has 1 amide bonds.